The van der Waals surface area contributed by atoms with E-state index < -0.39 is 16.1 Å². The summed E-state index contributed by atoms with van der Waals surface area (Å²) < 4.78 is 26.8. The summed E-state index contributed by atoms with van der Waals surface area (Å²) in [5, 5.41) is 13.5. The quantitative estimate of drug-likeness (QED) is 0.732. The number of benzene rings is 1. The fourth-order valence-electron chi connectivity index (χ4n) is 1.77. The lowest BCUT2D eigenvalue weighted by Crippen LogP contribution is -2.29. The Hall–Kier alpha value is -1.41. The van der Waals surface area contributed by atoms with Gasteiger partial charge >= 0.3 is 0 Å². The summed E-state index contributed by atoms with van der Waals surface area (Å²) in [6, 6.07) is 6.49. The first-order valence-corrected chi connectivity index (χ1v) is 8.39. The summed E-state index contributed by atoms with van der Waals surface area (Å²) >= 11 is 1.45. The molecule has 1 unspecified atom stereocenters. The number of nitrogens with two attached hydrogens (primary N) is 1. The highest BCUT2D eigenvalue weighted by Crippen LogP contribution is 2.21. The van der Waals surface area contributed by atoms with Gasteiger partial charge in [0.25, 0.3) is 0 Å². The molecule has 5 nitrogen and oxygen atoms in total. The number of aliphatic hydroxyl groups excluding tert-OH is 1. The van der Waals surface area contributed by atoms with Gasteiger partial charge in [0.05, 0.1) is 11.0 Å². The number of sulfonamides is 1. The number of aliphatic hydroxyl groups is 1. The topological polar surface area (TPSA) is 92.4 Å². The predicted molar refractivity (Wildman–Crippen MR) is 80.1 cm³/mol. The third-order valence-electron chi connectivity index (χ3n) is 3.01. The average molecular weight is 312 g/mol. The molecule has 1 aromatic carbocycles. The van der Waals surface area contributed by atoms with Gasteiger partial charge in [0.1, 0.15) is 0 Å². The first-order chi connectivity index (χ1) is 9.42. The van der Waals surface area contributed by atoms with E-state index in [0.29, 0.717) is 16.8 Å². The van der Waals surface area contributed by atoms with Crippen molar-refractivity contribution < 1.29 is 13.5 Å². The lowest BCUT2D eigenvalue weighted by atomic mass is 10.2. The van der Waals surface area contributed by atoms with Crippen LogP contribution in [0.1, 0.15) is 17.2 Å². The van der Waals surface area contributed by atoms with Crippen LogP contribution in [0.25, 0.3) is 0 Å². The molecule has 20 heavy (non-hydrogen) atoms. The SMILES string of the molecule is Cc1c(N)cccc1S(=O)(=O)NCC(O)c1ccsc1. The maximum Gasteiger partial charge on any atom is 0.241 e. The van der Waals surface area contributed by atoms with Crippen LogP contribution in [-0.2, 0) is 10.0 Å². The Morgan fingerprint density at radius 1 is 1.40 bits per heavy atom. The van der Waals surface area contributed by atoms with E-state index in [2.05, 4.69) is 4.72 Å². The minimum absolute atomic E-state index is 0.0761. The van der Waals surface area contributed by atoms with Gasteiger partial charge < -0.3 is 10.8 Å². The molecule has 2 aromatic rings. The number of nitrogen functional groups attached to an aromatic ring is 1. The second-order valence-corrected chi connectivity index (χ2v) is 6.91. The molecular formula is C13H16N2O3S2. The fraction of sp³-hybridized carbons (Fsp3) is 0.231. The van der Waals surface area contributed by atoms with E-state index in [1.807, 2.05) is 5.38 Å². The maximum absolute atomic E-state index is 12.2. The van der Waals surface area contributed by atoms with Gasteiger partial charge in [-0.2, -0.15) is 11.3 Å². The predicted octanol–water partition coefficient (Wildman–Crippen LogP) is 1.65. The molecule has 4 N–H and O–H groups in total. The van der Waals surface area contributed by atoms with Crippen molar-refractivity contribution in [3.63, 3.8) is 0 Å². The molecule has 0 fully saturated rings. The molecule has 0 aliphatic carbocycles. The fourth-order valence-corrected chi connectivity index (χ4v) is 3.79. The average Bonchev–Trinajstić information content (AvgIpc) is 2.93. The highest BCUT2D eigenvalue weighted by Gasteiger charge is 2.19. The van der Waals surface area contributed by atoms with E-state index >= 15 is 0 Å². The lowest BCUT2D eigenvalue weighted by Gasteiger charge is -2.13. The van der Waals surface area contributed by atoms with Crippen molar-refractivity contribution in [2.75, 3.05) is 12.3 Å². The van der Waals surface area contributed by atoms with E-state index in [4.69, 9.17) is 5.73 Å². The van der Waals surface area contributed by atoms with Crippen LogP contribution in [0.2, 0.25) is 0 Å². The van der Waals surface area contributed by atoms with Crippen molar-refractivity contribution in [1.82, 2.24) is 4.72 Å². The highest BCUT2D eigenvalue weighted by atomic mass is 32.2. The standard InChI is InChI=1S/C13H16N2O3S2/c1-9-11(14)3-2-4-13(9)20(17,18)15-7-12(16)10-5-6-19-8-10/h2-6,8,12,15-16H,7,14H2,1H3. The van der Waals surface area contributed by atoms with Crippen LogP contribution in [0.3, 0.4) is 0 Å². The van der Waals surface area contributed by atoms with E-state index in [1.54, 1.807) is 30.5 Å². The van der Waals surface area contributed by atoms with E-state index in [9.17, 15) is 13.5 Å². The molecule has 1 aromatic heterocycles. The van der Waals surface area contributed by atoms with Crippen LogP contribution >= 0.6 is 11.3 Å². The van der Waals surface area contributed by atoms with Crippen LogP contribution in [-0.4, -0.2) is 20.1 Å². The molecule has 0 aliphatic rings. The van der Waals surface area contributed by atoms with Crippen molar-refractivity contribution >= 4 is 27.0 Å². The monoisotopic (exact) mass is 312 g/mol. The number of hydrogen-bond donors (Lipinski definition) is 3. The van der Waals surface area contributed by atoms with Gasteiger partial charge in [-0.05, 0) is 47.0 Å². The third kappa shape index (κ3) is 3.18. The Kier molecular flexibility index (Phi) is 4.44. The molecule has 0 saturated carbocycles. The molecule has 2 rings (SSSR count). The first kappa shape index (κ1) is 15.0. The second kappa shape index (κ2) is 5.92. The normalized spacial score (nSPS) is 13.3. The number of nitrogens with one attached hydrogen (secondary N) is 1. The number of anilines is 1. The molecule has 0 bridgehead atoms. The van der Waals surface area contributed by atoms with Crippen LogP contribution in [0.4, 0.5) is 5.69 Å². The molecule has 1 heterocycles. The molecule has 0 saturated heterocycles. The molecule has 0 aliphatic heterocycles. The van der Waals surface area contributed by atoms with Gasteiger partial charge in [-0.15, -0.1) is 0 Å². The van der Waals surface area contributed by atoms with Gasteiger partial charge in [-0.25, -0.2) is 13.1 Å². The zero-order valence-electron chi connectivity index (χ0n) is 10.9. The minimum Gasteiger partial charge on any atom is -0.398 e. The lowest BCUT2D eigenvalue weighted by molar-refractivity contribution is 0.182. The highest BCUT2D eigenvalue weighted by molar-refractivity contribution is 7.89. The minimum atomic E-state index is -3.69. The summed E-state index contributed by atoms with van der Waals surface area (Å²) in [4.78, 5) is 0.134. The van der Waals surface area contributed by atoms with E-state index in [-0.39, 0.29) is 11.4 Å². The first-order valence-electron chi connectivity index (χ1n) is 5.97. The number of thiophene rings is 1. The summed E-state index contributed by atoms with van der Waals surface area (Å²) in [7, 11) is -3.69. The van der Waals surface area contributed by atoms with Gasteiger partial charge in [-0.3, -0.25) is 0 Å². The Bertz CT molecular complexity index is 682. The summed E-state index contributed by atoms with van der Waals surface area (Å²) in [5.74, 6) is 0. The summed E-state index contributed by atoms with van der Waals surface area (Å²) in [5.41, 5.74) is 7.33. The van der Waals surface area contributed by atoms with Crippen molar-refractivity contribution in [3.8, 4) is 0 Å². The summed E-state index contributed by atoms with van der Waals surface area (Å²) in [6.45, 7) is 1.58. The van der Waals surface area contributed by atoms with Crippen molar-refractivity contribution in [2.24, 2.45) is 0 Å². The van der Waals surface area contributed by atoms with Crippen molar-refractivity contribution in [2.45, 2.75) is 17.9 Å². The smallest absolute Gasteiger partial charge is 0.241 e. The van der Waals surface area contributed by atoms with Crippen molar-refractivity contribution in [1.29, 1.82) is 0 Å². The summed E-state index contributed by atoms with van der Waals surface area (Å²) in [6.07, 6.45) is -0.864. The third-order valence-corrected chi connectivity index (χ3v) is 5.28. The Balaban J connectivity index is 2.14. The molecule has 0 amide bonds. The molecule has 108 valence electrons. The van der Waals surface area contributed by atoms with E-state index in [0.717, 1.165) is 0 Å². The second-order valence-electron chi connectivity index (χ2n) is 4.39. The van der Waals surface area contributed by atoms with E-state index in [1.165, 1.54) is 17.4 Å². The van der Waals surface area contributed by atoms with Crippen LogP contribution in [0.5, 0.6) is 0 Å². The molecule has 7 heteroatoms. The number of hydrogen-bond acceptors (Lipinski definition) is 5. The molecular weight excluding hydrogens is 296 g/mol. The van der Waals surface area contributed by atoms with Crippen LogP contribution in [0, 0.1) is 6.92 Å². The Morgan fingerprint density at radius 2 is 2.15 bits per heavy atom. The van der Waals surface area contributed by atoms with Crippen LogP contribution < -0.4 is 10.5 Å². The Morgan fingerprint density at radius 3 is 2.80 bits per heavy atom. The molecule has 1 atom stereocenters. The van der Waals surface area contributed by atoms with Crippen molar-refractivity contribution in [3.05, 3.63) is 46.2 Å². The maximum atomic E-state index is 12.2. The Labute approximate surface area is 122 Å². The molecule has 0 spiro atoms. The van der Waals surface area contributed by atoms with Gasteiger partial charge in [0.15, 0.2) is 0 Å². The van der Waals surface area contributed by atoms with Gasteiger partial charge in [0, 0.05) is 12.2 Å². The zero-order chi connectivity index (χ0) is 14.8. The number of rotatable bonds is 5. The van der Waals surface area contributed by atoms with Gasteiger partial charge in [0.2, 0.25) is 10.0 Å². The van der Waals surface area contributed by atoms with Gasteiger partial charge in [-0.1, -0.05) is 6.07 Å². The zero-order valence-corrected chi connectivity index (χ0v) is 12.5. The van der Waals surface area contributed by atoms with Crippen LogP contribution in [0.15, 0.2) is 39.9 Å². The largest absolute Gasteiger partial charge is 0.398 e. The molecule has 0 radical (unpaired) electrons.